The van der Waals surface area contributed by atoms with Gasteiger partial charge < -0.3 is 15.5 Å². The summed E-state index contributed by atoms with van der Waals surface area (Å²) in [6.45, 7) is 0.212. The molecule has 0 unspecified atom stereocenters. The minimum absolute atomic E-state index is 0.167. The van der Waals surface area contributed by atoms with Crippen LogP contribution in [0.2, 0.25) is 0 Å². The number of carboxylic acids is 1. The number of thioether (sulfide) groups is 1. The van der Waals surface area contributed by atoms with E-state index in [1.54, 1.807) is 22.9 Å². The molecule has 8 nitrogen and oxygen atoms in total. The number of anilines is 1. The molecular weight excluding hydrogens is 354 g/mol. The van der Waals surface area contributed by atoms with Gasteiger partial charge in [0, 0.05) is 18.0 Å². The van der Waals surface area contributed by atoms with Crippen LogP contribution in [-0.2, 0) is 0 Å². The van der Waals surface area contributed by atoms with Gasteiger partial charge in [-0.2, -0.15) is 4.68 Å². The van der Waals surface area contributed by atoms with E-state index < -0.39 is 12.1 Å². The molecule has 9 heteroatoms. The summed E-state index contributed by atoms with van der Waals surface area (Å²) in [4.78, 5) is 11.2. The number of aromatic carboxylic acids is 1. The first-order valence-electron chi connectivity index (χ1n) is 7.86. The number of benzene rings is 2. The van der Waals surface area contributed by atoms with Crippen molar-refractivity contribution in [2.45, 2.75) is 11.3 Å². The molecule has 0 saturated heterocycles. The third kappa shape index (κ3) is 4.38. The number of aromatic nitrogens is 4. The van der Waals surface area contributed by atoms with Crippen molar-refractivity contribution in [2.75, 3.05) is 17.6 Å². The van der Waals surface area contributed by atoms with Crippen molar-refractivity contribution in [3.05, 3.63) is 60.2 Å². The number of tetrazole rings is 1. The Kier molecular flexibility index (Phi) is 5.82. The number of aliphatic hydroxyl groups excluding tert-OH is 1. The predicted molar refractivity (Wildman–Crippen MR) is 97.8 cm³/mol. The first kappa shape index (κ1) is 17.9. The van der Waals surface area contributed by atoms with Crippen molar-refractivity contribution < 1.29 is 15.0 Å². The molecule has 0 fully saturated rings. The van der Waals surface area contributed by atoms with Crippen molar-refractivity contribution in [3.63, 3.8) is 0 Å². The molecule has 0 aliphatic heterocycles. The van der Waals surface area contributed by atoms with Gasteiger partial charge in [0.05, 0.1) is 17.4 Å². The SMILES string of the molecule is O=C(O)c1ccccc1NC[C@@H](O)CSc1nnnn1-c1ccccc1. The lowest BCUT2D eigenvalue weighted by Gasteiger charge is -2.13. The summed E-state index contributed by atoms with van der Waals surface area (Å²) < 4.78 is 1.60. The Morgan fingerprint density at radius 1 is 1.15 bits per heavy atom. The quantitative estimate of drug-likeness (QED) is 0.515. The topological polar surface area (TPSA) is 113 Å². The van der Waals surface area contributed by atoms with E-state index in [1.807, 2.05) is 30.3 Å². The second-order valence-electron chi connectivity index (χ2n) is 5.41. The summed E-state index contributed by atoms with van der Waals surface area (Å²) in [6, 6.07) is 16.1. The number of nitrogens with zero attached hydrogens (tertiary/aromatic N) is 4. The van der Waals surface area contributed by atoms with Crippen molar-refractivity contribution in [1.29, 1.82) is 0 Å². The maximum atomic E-state index is 11.2. The highest BCUT2D eigenvalue weighted by Crippen LogP contribution is 2.19. The van der Waals surface area contributed by atoms with E-state index in [0.717, 1.165) is 5.69 Å². The lowest BCUT2D eigenvalue weighted by atomic mass is 10.2. The van der Waals surface area contributed by atoms with Gasteiger partial charge in [-0.25, -0.2) is 4.79 Å². The molecule has 0 spiro atoms. The Hall–Kier alpha value is -2.91. The largest absolute Gasteiger partial charge is 0.478 e. The molecule has 3 rings (SSSR count). The number of carboxylic acid groups (broad SMARTS) is 1. The van der Waals surface area contributed by atoms with Gasteiger partial charge in [0.1, 0.15) is 0 Å². The summed E-state index contributed by atoms with van der Waals surface area (Å²) in [5, 5.41) is 34.5. The van der Waals surface area contributed by atoms with Crippen LogP contribution in [0.3, 0.4) is 0 Å². The molecule has 0 aliphatic rings. The Morgan fingerprint density at radius 3 is 2.65 bits per heavy atom. The van der Waals surface area contributed by atoms with Crippen molar-refractivity contribution >= 4 is 23.4 Å². The van der Waals surface area contributed by atoms with Gasteiger partial charge in [0.15, 0.2) is 0 Å². The average Bonchev–Trinajstić information content (AvgIpc) is 3.14. The van der Waals surface area contributed by atoms with Gasteiger partial charge in [0.2, 0.25) is 5.16 Å². The second-order valence-corrected chi connectivity index (χ2v) is 6.39. The zero-order chi connectivity index (χ0) is 18.4. The summed E-state index contributed by atoms with van der Waals surface area (Å²) in [5.41, 5.74) is 1.47. The molecule has 0 bridgehead atoms. The number of rotatable bonds is 8. The highest BCUT2D eigenvalue weighted by molar-refractivity contribution is 7.99. The highest BCUT2D eigenvalue weighted by Gasteiger charge is 2.14. The molecule has 0 saturated carbocycles. The third-order valence-electron chi connectivity index (χ3n) is 3.53. The number of nitrogens with one attached hydrogen (secondary N) is 1. The minimum Gasteiger partial charge on any atom is -0.478 e. The van der Waals surface area contributed by atoms with E-state index in [1.165, 1.54) is 17.8 Å². The van der Waals surface area contributed by atoms with E-state index in [9.17, 15) is 9.90 Å². The lowest BCUT2D eigenvalue weighted by Crippen LogP contribution is -2.23. The fourth-order valence-corrected chi connectivity index (χ4v) is 3.10. The van der Waals surface area contributed by atoms with E-state index in [-0.39, 0.29) is 12.1 Å². The molecule has 3 aromatic rings. The third-order valence-corrected chi connectivity index (χ3v) is 4.60. The predicted octanol–water partition coefficient (Wildman–Crippen LogP) is 1.93. The van der Waals surface area contributed by atoms with E-state index in [2.05, 4.69) is 20.8 Å². The lowest BCUT2D eigenvalue weighted by molar-refractivity contribution is 0.0697. The highest BCUT2D eigenvalue weighted by atomic mass is 32.2. The number of para-hydroxylation sites is 2. The zero-order valence-corrected chi connectivity index (χ0v) is 14.5. The maximum Gasteiger partial charge on any atom is 0.337 e. The second kappa shape index (κ2) is 8.45. The fraction of sp³-hybridized carbons (Fsp3) is 0.176. The van der Waals surface area contributed by atoms with Crippen LogP contribution >= 0.6 is 11.8 Å². The van der Waals surface area contributed by atoms with Gasteiger partial charge in [-0.3, -0.25) is 0 Å². The Morgan fingerprint density at radius 2 is 1.88 bits per heavy atom. The minimum atomic E-state index is -1.01. The van der Waals surface area contributed by atoms with Crippen LogP contribution < -0.4 is 5.32 Å². The van der Waals surface area contributed by atoms with Crippen LogP contribution in [0.1, 0.15) is 10.4 Å². The molecule has 1 heterocycles. The molecule has 134 valence electrons. The maximum absolute atomic E-state index is 11.2. The van der Waals surface area contributed by atoms with Gasteiger partial charge in [-0.1, -0.05) is 42.1 Å². The standard InChI is InChI=1S/C17H17N5O3S/c23-13(10-18-15-9-5-4-8-14(15)16(24)25)11-26-17-19-20-21-22(17)12-6-2-1-3-7-12/h1-9,13,18,23H,10-11H2,(H,24,25)/t13-/m1/s1. The number of hydrogen-bond donors (Lipinski definition) is 3. The van der Waals surface area contributed by atoms with Gasteiger partial charge in [-0.05, 0) is 34.7 Å². The Bertz CT molecular complexity index is 872. The molecular formula is C17H17N5O3S. The smallest absolute Gasteiger partial charge is 0.337 e. The number of carbonyl (C=O) groups is 1. The molecule has 1 atom stereocenters. The van der Waals surface area contributed by atoms with Gasteiger partial charge in [-0.15, -0.1) is 5.10 Å². The fourth-order valence-electron chi connectivity index (χ4n) is 2.28. The van der Waals surface area contributed by atoms with Crippen LogP contribution in [0.25, 0.3) is 5.69 Å². The molecule has 2 aromatic carbocycles. The average molecular weight is 371 g/mol. The van der Waals surface area contributed by atoms with Gasteiger partial charge in [0.25, 0.3) is 0 Å². The van der Waals surface area contributed by atoms with Crippen molar-refractivity contribution in [3.8, 4) is 5.69 Å². The first-order valence-corrected chi connectivity index (χ1v) is 8.84. The molecule has 1 aromatic heterocycles. The molecule has 26 heavy (non-hydrogen) atoms. The van der Waals surface area contributed by atoms with Crippen LogP contribution in [0.5, 0.6) is 0 Å². The molecule has 0 amide bonds. The Labute approximate surface area is 153 Å². The summed E-state index contributed by atoms with van der Waals surface area (Å²) in [5.74, 6) is -0.658. The molecule has 3 N–H and O–H groups in total. The number of hydrogen-bond acceptors (Lipinski definition) is 7. The summed E-state index contributed by atoms with van der Waals surface area (Å²) in [6.07, 6.45) is -0.706. The van der Waals surface area contributed by atoms with Crippen LogP contribution in [-0.4, -0.2) is 54.8 Å². The monoisotopic (exact) mass is 371 g/mol. The Balaban J connectivity index is 1.57. The summed E-state index contributed by atoms with van der Waals surface area (Å²) in [7, 11) is 0. The molecule has 0 radical (unpaired) electrons. The zero-order valence-electron chi connectivity index (χ0n) is 13.7. The van der Waals surface area contributed by atoms with E-state index >= 15 is 0 Å². The van der Waals surface area contributed by atoms with Crippen molar-refractivity contribution in [1.82, 2.24) is 20.2 Å². The first-order chi connectivity index (χ1) is 12.6. The number of aliphatic hydroxyl groups is 1. The van der Waals surface area contributed by atoms with Crippen LogP contribution in [0.4, 0.5) is 5.69 Å². The van der Waals surface area contributed by atoms with Crippen LogP contribution in [0.15, 0.2) is 59.8 Å². The summed E-state index contributed by atoms with van der Waals surface area (Å²) >= 11 is 1.32. The van der Waals surface area contributed by atoms with E-state index in [4.69, 9.17) is 5.11 Å². The van der Waals surface area contributed by atoms with Crippen LogP contribution in [0, 0.1) is 0 Å². The normalized spacial score (nSPS) is 11.9. The molecule has 0 aliphatic carbocycles. The van der Waals surface area contributed by atoms with E-state index in [0.29, 0.717) is 16.6 Å². The van der Waals surface area contributed by atoms with Gasteiger partial charge >= 0.3 is 5.97 Å². The van der Waals surface area contributed by atoms with Crippen molar-refractivity contribution in [2.24, 2.45) is 0 Å².